The molecule has 2 bridgehead atoms. The van der Waals surface area contributed by atoms with Crippen molar-refractivity contribution in [3.8, 4) is 0 Å². The van der Waals surface area contributed by atoms with Crippen LogP contribution in [0.4, 0.5) is 4.79 Å². The molecule has 3 rings (SSSR count). The highest BCUT2D eigenvalue weighted by Crippen LogP contribution is 2.43. The van der Waals surface area contributed by atoms with Crippen LogP contribution in [0.15, 0.2) is 0 Å². The Bertz CT molecular complexity index is 649. The molecular formula is C16H27N4O4S. The monoisotopic (exact) mass is 371 g/mol. The summed E-state index contributed by atoms with van der Waals surface area (Å²) in [5.74, 6) is -0.170. The molecule has 9 heteroatoms. The van der Waals surface area contributed by atoms with Crippen LogP contribution in [0.5, 0.6) is 0 Å². The van der Waals surface area contributed by atoms with Crippen molar-refractivity contribution in [2.75, 3.05) is 31.6 Å². The lowest BCUT2D eigenvalue weighted by atomic mass is 9.87. The molecule has 25 heavy (non-hydrogen) atoms. The average molecular weight is 371 g/mol. The van der Waals surface area contributed by atoms with Crippen LogP contribution in [0.3, 0.4) is 0 Å². The highest BCUT2D eigenvalue weighted by molar-refractivity contribution is 7.91. The van der Waals surface area contributed by atoms with Crippen LogP contribution in [-0.2, 0) is 14.6 Å². The topological polar surface area (TPSA) is 113 Å². The third-order valence-electron chi connectivity index (χ3n) is 5.97. The summed E-state index contributed by atoms with van der Waals surface area (Å²) in [6, 6.07) is -0.297. The number of rotatable bonds is 5. The lowest BCUT2D eigenvalue weighted by Gasteiger charge is -2.43. The number of sulfone groups is 1. The number of amides is 3. The van der Waals surface area contributed by atoms with Gasteiger partial charge >= 0.3 is 6.03 Å². The third kappa shape index (κ3) is 3.36. The van der Waals surface area contributed by atoms with Gasteiger partial charge in [-0.2, -0.15) is 0 Å². The molecule has 0 aliphatic carbocycles. The number of carbonyl (C=O) groups excluding carboxylic acids is 2. The normalized spacial score (nSPS) is 34.0. The van der Waals surface area contributed by atoms with Crippen LogP contribution in [0.25, 0.3) is 0 Å². The number of urea groups is 1. The molecule has 0 saturated carbocycles. The van der Waals surface area contributed by atoms with Crippen molar-refractivity contribution in [2.24, 2.45) is 5.73 Å². The first kappa shape index (κ1) is 18.4. The number of hydrogen-bond acceptors (Lipinski definition) is 5. The minimum Gasteiger partial charge on any atom is -0.368 e. The summed E-state index contributed by atoms with van der Waals surface area (Å²) in [5, 5.41) is 2.60. The van der Waals surface area contributed by atoms with E-state index in [9.17, 15) is 18.0 Å². The SMILES string of the molecule is CNC(=O)N(CCN1[C@@H]2C[CH]C[C@@]1(C(N)=O)CC2)[C@@H]1CCS(=O)(=O)C1. The second-order valence-electron chi connectivity index (χ2n) is 7.32. The van der Waals surface area contributed by atoms with Crippen molar-refractivity contribution >= 4 is 21.8 Å². The Morgan fingerprint density at radius 1 is 1.40 bits per heavy atom. The summed E-state index contributed by atoms with van der Waals surface area (Å²) >= 11 is 0. The Kier molecular flexibility index (Phi) is 4.98. The average Bonchev–Trinajstić information content (AvgIpc) is 3.01. The fourth-order valence-corrected chi connectivity index (χ4v) is 6.36. The zero-order valence-corrected chi connectivity index (χ0v) is 15.4. The van der Waals surface area contributed by atoms with Crippen LogP contribution in [-0.4, -0.2) is 79.4 Å². The molecular weight excluding hydrogens is 344 g/mol. The van der Waals surface area contributed by atoms with Crippen molar-refractivity contribution in [2.45, 2.75) is 49.7 Å². The van der Waals surface area contributed by atoms with E-state index in [0.29, 0.717) is 25.9 Å². The van der Waals surface area contributed by atoms with Crippen LogP contribution >= 0.6 is 0 Å². The Labute approximate surface area is 149 Å². The van der Waals surface area contributed by atoms with E-state index in [-0.39, 0.29) is 35.5 Å². The second-order valence-corrected chi connectivity index (χ2v) is 9.54. The molecule has 0 aromatic heterocycles. The number of hydrogen-bond donors (Lipinski definition) is 2. The van der Waals surface area contributed by atoms with Crippen molar-refractivity contribution < 1.29 is 18.0 Å². The quantitative estimate of drug-likeness (QED) is 0.677. The number of nitrogens with one attached hydrogen (secondary N) is 1. The molecule has 3 aliphatic rings. The maximum Gasteiger partial charge on any atom is 0.317 e. The minimum atomic E-state index is -3.07. The zero-order valence-electron chi connectivity index (χ0n) is 14.6. The van der Waals surface area contributed by atoms with E-state index in [4.69, 9.17) is 5.73 Å². The fraction of sp³-hybridized carbons (Fsp3) is 0.812. The van der Waals surface area contributed by atoms with Gasteiger partial charge in [0.1, 0.15) is 5.54 Å². The van der Waals surface area contributed by atoms with E-state index in [1.807, 2.05) is 0 Å². The first-order valence-corrected chi connectivity index (χ1v) is 10.7. The van der Waals surface area contributed by atoms with Gasteiger partial charge in [0.25, 0.3) is 0 Å². The number of nitrogens with zero attached hydrogens (tertiary/aromatic N) is 2. The van der Waals surface area contributed by atoms with Crippen LogP contribution < -0.4 is 11.1 Å². The van der Waals surface area contributed by atoms with E-state index in [0.717, 1.165) is 19.3 Å². The van der Waals surface area contributed by atoms with E-state index in [1.54, 1.807) is 11.9 Å². The van der Waals surface area contributed by atoms with Gasteiger partial charge in [-0.15, -0.1) is 0 Å². The smallest absolute Gasteiger partial charge is 0.317 e. The molecule has 0 aromatic carbocycles. The molecule has 3 aliphatic heterocycles. The molecule has 3 N–H and O–H groups in total. The molecule has 0 aromatic rings. The Morgan fingerprint density at radius 2 is 2.16 bits per heavy atom. The summed E-state index contributed by atoms with van der Waals surface area (Å²) in [6.45, 7) is 0.927. The third-order valence-corrected chi connectivity index (χ3v) is 7.72. The summed E-state index contributed by atoms with van der Waals surface area (Å²) in [7, 11) is -1.53. The maximum absolute atomic E-state index is 12.3. The predicted molar refractivity (Wildman–Crippen MR) is 93.4 cm³/mol. The highest BCUT2D eigenvalue weighted by atomic mass is 32.2. The van der Waals surface area contributed by atoms with Gasteiger partial charge in [-0.1, -0.05) is 0 Å². The first-order valence-electron chi connectivity index (χ1n) is 8.86. The van der Waals surface area contributed by atoms with Crippen molar-refractivity contribution in [1.29, 1.82) is 0 Å². The Hall–Kier alpha value is -1.35. The van der Waals surface area contributed by atoms with Gasteiger partial charge in [0.2, 0.25) is 5.91 Å². The number of carbonyl (C=O) groups is 2. The van der Waals surface area contributed by atoms with E-state index in [1.165, 1.54) is 0 Å². The Morgan fingerprint density at radius 3 is 2.76 bits per heavy atom. The van der Waals surface area contributed by atoms with Gasteiger partial charge < -0.3 is 16.0 Å². The lowest BCUT2D eigenvalue weighted by molar-refractivity contribution is -0.130. The van der Waals surface area contributed by atoms with E-state index < -0.39 is 15.4 Å². The van der Waals surface area contributed by atoms with Gasteiger partial charge in [0.05, 0.1) is 11.5 Å². The Balaban J connectivity index is 1.73. The van der Waals surface area contributed by atoms with Crippen LogP contribution in [0.1, 0.15) is 32.1 Å². The highest BCUT2D eigenvalue weighted by Gasteiger charge is 2.52. The molecule has 3 atom stereocenters. The second kappa shape index (κ2) is 6.75. The molecule has 1 radical (unpaired) electrons. The molecule has 0 unspecified atom stereocenters. The molecule has 3 heterocycles. The molecule has 0 spiro atoms. The summed E-state index contributed by atoms with van der Waals surface area (Å²) in [4.78, 5) is 28.1. The number of fused-ring (bicyclic) bond motifs is 2. The number of piperidine rings is 1. The van der Waals surface area contributed by atoms with E-state index in [2.05, 4.69) is 16.6 Å². The van der Waals surface area contributed by atoms with E-state index >= 15 is 0 Å². The molecule has 3 amide bonds. The summed E-state index contributed by atoms with van der Waals surface area (Å²) in [5.41, 5.74) is 5.07. The molecule has 141 valence electrons. The first-order chi connectivity index (χ1) is 11.8. The standard InChI is InChI=1S/C16H27N4O4S/c1-18-15(22)19(13-5-10-25(23,24)11-13)8-9-20-12-3-2-6-16(20,7-4-12)14(17)21/h2,12-13H,3-11H2,1H3,(H2,17,21)(H,18,22)/t12-,13-,16+/m1/s1. The molecule has 3 fully saturated rings. The van der Waals surface area contributed by atoms with Gasteiger partial charge in [-0.3, -0.25) is 9.69 Å². The molecule has 8 nitrogen and oxygen atoms in total. The van der Waals surface area contributed by atoms with Gasteiger partial charge in [-0.05, 0) is 38.5 Å². The predicted octanol–water partition coefficient (Wildman–Crippen LogP) is -0.499. The summed E-state index contributed by atoms with van der Waals surface area (Å²) < 4.78 is 23.6. The maximum atomic E-state index is 12.3. The summed E-state index contributed by atoms with van der Waals surface area (Å²) in [6.07, 6.45) is 5.86. The van der Waals surface area contributed by atoms with Crippen LogP contribution in [0.2, 0.25) is 0 Å². The van der Waals surface area contributed by atoms with Gasteiger partial charge in [0.15, 0.2) is 9.84 Å². The molecule has 3 saturated heterocycles. The van der Waals surface area contributed by atoms with Crippen molar-refractivity contribution in [3.63, 3.8) is 0 Å². The fourth-order valence-electron chi connectivity index (χ4n) is 4.63. The number of primary amides is 1. The number of nitrogens with two attached hydrogens (primary N) is 1. The van der Waals surface area contributed by atoms with Crippen molar-refractivity contribution in [3.05, 3.63) is 6.42 Å². The minimum absolute atomic E-state index is 0.0125. The van der Waals surface area contributed by atoms with Gasteiger partial charge in [0, 0.05) is 32.2 Å². The largest absolute Gasteiger partial charge is 0.368 e. The zero-order chi connectivity index (χ0) is 18.2. The van der Waals surface area contributed by atoms with Crippen molar-refractivity contribution in [1.82, 2.24) is 15.1 Å². The van der Waals surface area contributed by atoms with Gasteiger partial charge in [-0.25, -0.2) is 13.2 Å². The lowest BCUT2D eigenvalue weighted by Crippen LogP contribution is -2.60. The van der Waals surface area contributed by atoms with Crippen LogP contribution in [0, 0.1) is 6.42 Å².